The van der Waals surface area contributed by atoms with Crippen LogP contribution in [0.15, 0.2) is 30.3 Å². The van der Waals surface area contributed by atoms with E-state index in [1.165, 1.54) is 7.11 Å². The second kappa shape index (κ2) is 6.65. The third-order valence-electron chi connectivity index (χ3n) is 3.33. The standard InChI is InChI=1S/C14H18O5/c1-17-13(16)7-11(10-5-3-2-4-6-10)14-12(8-15)18-9-19-14/h2-6,11-12,14-15H,7-9H2,1H3. The van der Waals surface area contributed by atoms with Crippen LogP contribution in [-0.2, 0) is 19.0 Å². The summed E-state index contributed by atoms with van der Waals surface area (Å²) < 4.78 is 15.6. The number of rotatable bonds is 5. The van der Waals surface area contributed by atoms with Crippen molar-refractivity contribution >= 4 is 5.97 Å². The molecule has 0 spiro atoms. The molecule has 1 aliphatic heterocycles. The van der Waals surface area contributed by atoms with E-state index >= 15 is 0 Å². The minimum absolute atomic E-state index is 0.130. The maximum atomic E-state index is 11.6. The second-order valence-corrected chi connectivity index (χ2v) is 4.43. The number of ether oxygens (including phenoxy) is 3. The molecule has 1 aromatic rings. The molecule has 0 amide bonds. The highest BCUT2D eigenvalue weighted by molar-refractivity contribution is 5.70. The summed E-state index contributed by atoms with van der Waals surface area (Å²) in [5, 5.41) is 9.30. The Balaban J connectivity index is 2.21. The Kier molecular flexibility index (Phi) is 4.90. The summed E-state index contributed by atoms with van der Waals surface area (Å²) in [5.74, 6) is -0.491. The normalized spacial score (nSPS) is 24.1. The molecule has 3 atom stereocenters. The van der Waals surface area contributed by atoms with Crippen LogP contribution in [0.5, 0.6) is 0 Å². The number of hydrogen-bond donors (Lipinski definition) is 1. The lowest BCUT2D eigenvalue weighted by atomic mass is 9.87. The van der Waals surface area contributed by atoms with Crippen molar-refractivity contribution in [2.75, 3.05) is 20.5 Å². The van der Waals surface area contributed by atoms with Gasteiger partial charge in [0.1, 0.15) is 12.9 Å². The molecule has 1 aliphatic rings. The van der Waals surface area contributed by atoms with Gasteiger partial charge in [-0.15, -0.1) is 0 Å². The van der Waals surface area contributed by atoms with Crippen molar-refractivity contribution < 1.29 is 24.1 Å². The Morgan fingerprint density at radius 3 is 2.79 bits per heavy atom. The molecule has 0 saturated carbocycles. The van der Waals surface area contributed by atoms with Gasteiger partial charge in [-0.1, -0.05) is 30.3 Å². The third kappa shape index (κ3) is 3.32. The molecule has 1 fully saturated rings. The fourth-order valence-electron chi connectivity index (χ4n) is 2.33. The van der Waals surface area contributed by atoms with Crippen LogP contribution >= 0.6 is 0 Å². The summed E-state index contributed by atoms with van der Waals surface area (Å²) in [4.78, 5) is 11.6. The van der Waals surface area contributed by atoms with Gasteiger partial charge < -0.3 is 19.3 Å². The summed E-state index contributed by atoms with van der Waals surface area (Å²) in [6.45, 7) is 0.00950. The lowest BCUT2D eigenvalue weighted by Crippen LogP contribution is -2.33. The van der Waals surface area contributed by atoms with Crippen LogP contribution in [0.25, 0.3) is 0 Å². The maximum Gasteiger partial charge on any atom is 0.306 e. The molecule has 1 heterocycles. The van der Waals surface area contributed by atoms with Gasteiger partial charge in [0.15, 0.2) is 0 Å². The zero-order chi connectivity index (χ0) is 13.7. The number of carbonyl (C=O) groups excluding carboxylic acids is 1. The number of esters is 1. The summed E-state index contributed by atoms with van der Waals surface area (Å²) in [6.07, 6.45) is -0.549. The summed E-state index contributed by atoms with van der Waals surface area (Å²) in [7, 11) is 1.36. The van der Waals surface area contributed by atoms with E-state index in [-0.39, 0.29) is 37.8 Å². The van der Waals surface area contributed by atoms with Gasteiger partial charge in [0.05, 0.1) is 26.2 Å². The molecule has 19 heavy (non-hydrogen) atoms. The van der Waals surface area contributed by atoms with Crippen LogP contribution < -0.4 is 0 Å². The van der Waals surface area contributed by atoms with Crippen molar-refractivity contribution in [1.82, 2.24) is 0 Å². The quantitative estimate of drug-likeness (QED) is 0.807. The molecule has 3 unspecified atom stereocenters. The van der Waals surface area contributed by atoms with E-state index < -0.39 is 6.10 Å². The van der Waals surface area contributed by atoms with Crippen molar-refractivity contribution in [2.45, 2.75) is 24.5 Å². The van der Waals surface area contributed by atoms with E-state index in [2.05, 4.69) is 0 Å². The zero-order valence-corrected chi connectivity index (χ0v) is 10.8. The Morgan fingerprint density at radius 1 is 1.42 bits per heavy atom. The van der Waals surface area contributed by atoms with Gasteiger partial charge in [0.2, 0.25) is 0 Å². The van der Waals surface area contributed by atoms with E-state index in [4.69, 9.17) is 14.2 Å². The van der Waals surface area contributed by atoms with Gasteiger partial charge in [-0.3, -0.25) is 4.79 Å². The average molecular weight is 266 g/mol. The third-order valence-corrected chi connectivity index (χ3v) is 3.33. The van der Waals surface area contributed by atoms with Gasteiger partial charge in [-0.05, 0) is 5.56 Å². The van der Waals surface area contributed by atoms with E-state index in [0.29, 0.717) is 0 Å². The highest BCUT2D eigenvalue weighted by Gasteiger charge is 2.37. The highest BCUT2D eigenvalue weighted by Crippen LogP contribution is 2.32. The van der Waals surface area contributed by atoms with Crippen molar-refractivity contribution in [3.8, 4) is 0 Å². The molecule has 0 aromatic heterocycles. The van der Waals surface area contributed by atoms with Gasteiger partial charge in [0.25, 0.3) is 0 Å². The van der Waals surface area contributed by atoms with Gasteiger partial charge in [-0.25, -0.2) is 0 Å². The van der Waals surface area contributed by atoms with Crippen LogP contribution in [-0.4, -0.2) is 43.8 Å². The average Bonchev–Trinajstić information content (AvgIpc) is 2.93. The molecule has 0 radical (unpaired) electrons. The van der Waals surface area contributed by atoms with Gasteiger partial charge >= 0.3 is 5.97 Å². The van der Waals surface area contributed by atoms with Crippen LogP contribution in [0, 0.1) is 0 Å². The molecule has 0 aliphatic carbocycles. The first-order chi connectivity index (χ1) is 9.26. The number of methoxy groups -OCH3 is 1. The molecule has 2 rings (SSSR count). The van der Waals surface area contributed by atoms with E-state index in [1.54, 1.807) is 0 Å². The summed E-state index contributed by atoms with van der Waals surface area (Å²) in [5.41, 5.74) is 0.974. The lowest BCUT2D eigenvalue weighted by molar-refractivity contribution is -0.141. The number of aliphatic hydroxyl groups excluding tert-OH is 1. The first kappa shape index (κ1) is 14.0. The number of benzene rings is 1. The molecule has 104 valence electrons. The molecular weight excluding hydrogens is 248 g/mol. The minimum atomic E-state index is -0.408. The minimum Gasteiger partial charge on any atom is -0.469 e. The smallest absolute Gasteiger partial charge is 0.306 e. The zero-order valence-electron chi connectivity index (χ0n) is 10.8. The summed E-state index contributed by atoms with van der Waals surface area (Å²) >= 11 is 0. The van der Waals surface area contributed by atoms with Crippen molar-refractivity contribution in [3.05, 3.63) is 35.9 Å². The topological polar surface area (TPSA) is 65.0 Å². The SMILES string of the molecule is COC(=O)CC(c1ccccc1)C1OCOC1CO. The molecule has 5 nitrogen and oxygen atoms in total. The fraction of sp³-hybridized carbons (Fsp3) is 0.500. The fourth-order valence-corrected chi connectivity index (χ4v) is 2.33. The first-order valence-corrected chi connectivity index (χ1v) is 6.22. The molecule has 5 heteroatoms. The van der Waals surface area contributed by atoms with Crippen molar-refractivity contribution in [3.63, 3.8) is 0 Å². The Labute approximate surface area is 112 Å². The van der Waals surface area contributed by atoms with E-state index in [0.717, 1.165) is 5.56 Å². The van der Waals surface area contributed by atoms with E-state index in [1.807, 2.05) is 30.3 Å². The molecular formula is C14H18O5. The van der Waals surface area contributed by atoms with Crippen LogP contribution in [0.4, 0.5) is 0 Å². The van der Waals surface area contributed by atoms with Gasteiger partial charge in [-0.2, -0.15) is 0 Å². The van der Waals surface area contributed by atoms with Crippen molar-refractivity contribution in [1.29, 1.82) is 0 Å². The predicted octanol–water partition coefficient (Wildman–Crippen LogP) is 1.07. The van der Waals surface area contributed by atoms with Crippen LogP contribution in [0.2, 0.25) is 0 Å². The largest absolute Gasteiger partial charge is 0.469 e. The first-order valence-electron chi connectivity index (χ1n) is 6.22. The Hall–Kier alpha value is -1.43. The maximum absolute atomic E-state index is 11.6. The molecule has 1 saturated heterocycles. The van der Waals surface area contributed by atoms with E-state index in [9.17, 15) is 9.90 Å². The Morgan fingerprint density at radius 2 is 2.16 bits per heavy atom. The van der Waals surface area contributed by atoms with Crippen LogP contribution in [0.3, 0.4) is 0 Å². The number of carbonyl (C=O) groups is 1. The Bertz CT molecular complexity index is 406. The lowest BCUT2D eigenvalue weighted by Gasteiger charge is -2.25. The molecule has 1 N–H and O–H groups in total. The van der Waals surface area contributed by atoms with Gasteiger partial charge in [0, 0.05) is 5.92 Å². The molecule has 0 bridgehead atoms. The monoisotopic (exact) mass is 266 g/mol. The molecule has 1 aromatic carbocycles. The predicted molar refractivity (Wildman–Crippen MR) is 67.5 cm³/mol. The number of aliphatic hydroxyl groups is 1. The summed E-state index contributed by atoms with van der Waals surface area (Å²) in [6, 6.07) is 9.59. The highest BCUT2D eigenvalue weighted by atomic mass is 16.7. The second-order valence-electron chi connectivity index (χ2n) is 4.43. The number of hydrogen-bond acceptors (Lipinski definition) is 5. The van der Waals surface area contributed by atoms with Crippen LogP contribution in [0.1, 0.15) is 17.9 Å². The van der Waals surface area contributed by atoms with Crippen molar-refractivity contribution in [2.24, 2.45) is 0 Å².